The lowest BCUT2D eigenvalue weighted by molar-refractivity contribution is -0.123. The Morgan fingerprint density at radius 2 is 2.00 bits per heavy atom. The van der Waals surface area contributed by atoms with Crippen LogP contribution in [0.1, 0.15) is 45.4 Å². The average Bonchev–Trinajstić information content (AvgIpc) is 2.41. The number of likely N-dealkylation sites (N-methyl/N-ethyl adjacent to an activating group) is 1. The van der Waals surface area contributed by atoms with E-state index in [0.717, 1.165) is 19.5 Å². The van der Waals surface area contributed by atoms with Crippen molar-refractivity contribution in [1.82, 2.24) is 15.5 Å². The molecule has 110 valence electrons. The maximum absolute atomic E-state index is 12.1. The molecular weight excluding hydrogens is 238 g/mol. The van der Waals surface area contributed by atoms with Gasteiger partial charge in [0.25, 0.3) is 0 Å². The highest BCUT2D eigenvalue weighted by atomic mass is 16.2. The second-order valence-corrected chi connectivity index (χ2v) is 6.30. The Kier molecular flexibility index (Phi) is 5.64. The molecule has 1 saturated carbocycles. The Morgan fingerprint density at radius 3 is 2.74 bits per heavy atom. The number of rotatable bonds is 4. The monoisotopic (exact) mass is 267 g/mol. The lowest BCUT2D eigenvalue weighted by Crippen LogP contribution is -2.50. The van der Waals surface area contributed by atoms with Gasteiger partial charge in [-0.3, -0.25) is 9.69 Å². The van der Waals surface area contributed by atoms with Gasteiger partial charge in [0, 0.05) is 18.6 Å². The summed E-state index contributed by atoms with van der Waals surface area (Å²) in [6.07, 6.45) is 7.43. The maximum Gasteiger partial charge on any atom is 0.234 e. The van der Waals surface area contributed by atoms with Crippen molar-refractivity contribution in [2.45, 2.75) is 57.5 Å². The first kappa shape index (κ1) is 14.8. The van der Waals surface area contributed by atoms with E-state index in [9.17, 15) is 4.79 Å². The fourth-order valence-electron chi connectivity index (χ4n) is 3.42. The molecule has 2 aliphatic rings. The third-order valence-corrected chi connectivity index (χ3v) is 4.74. The van der Waals surface area contributed by atoms with Crippen molar-refractivity contribution in [3.8, 4) is 0 Å². The van der Waals surface area contributed by atoms with Gasteiger partial charge in [0.15, 0.2) is 0 Å². The van der Waals surface area contributed by atoms with E-state index in [1.165, 1.54) is 32.1 Å². The van der Waals surface area contributed by atoms with Crippen LogP contribution in [0.2, 0.25) is 0 Å². The molecule has 0 radical (unpaired) electrons. The first-order valence-corrected chi connectivity index (χ1v) is 7.88. The molecular formula is C15H29N3O. The summed E-state index contributed by atoms with van der Waals surface area (Å²) in [6.45, 7) is 4.90. The van der Waals surface area contributed by atoms with Crippen LogP contribution in [0, 0.1) is 5.92 Å². The molecule has 0 aromatic carbocycles. The van der Waals surface area contributed by atoms with Crippen LogP contribution >= 0.6 is 0 Å². The van der Waals surface area contributed by atoms with E-state index < -0.39 is 0 Å². The summed E-state index contributed by atoms with van der Waals surface area (Å²) < 4.78 is 0. The zero-order valence-electron chi connectivity index (χ0n) is 12.5. The molecule has 0 aromatic heterocycles. The number of amides is 1. The fraction of sp³-hybridized carbons (Fsp3) is 0.933. The molecule has 1 aliphatic carbocycles. The molecule has 1 aliphatic heterocycles. The van der Waals surface area contributed by atoms with Gasteiger partial charge in [-0.25, -0.2) is 0 Å². The molecule has 4 heteroatoms. The smallest absolute Gasteiger partial charge is 0.234 e. The summed E-state index contributed by atoms with van der Waals surface area (Å²) in [7, 11) is 2.01. The zero-order chi connectivity index (χ0) is 13.7. The van der Waals surface area contributed by atoms with Crippen LogP contribution in [0.5, 0.6) is 0 Å². The molecule has 3 unspecified atom stereocenters. The minimum Gasteiger partial charge on any atom is -0.352 e. The summed E-state index contributed by atoms with van der Waals surface area (Å²) in [5, 5.41) is 6.57. The highest BCUT2D eigenvalue weighted by Crippen LogP contribution is 2.23. The van der Waals surface area contributed by atoms with E-state index in [1.807, 2.05) is 7.05 Å². The van der Waals surface area contributed by atoms with Crippen molar-refractivity contribution in [3.63, 3.8) is 0 Å². The minimum absolute atomic E-state index is 0.218. The second-order valence-electron chi connectivity index (χ2n) is 6.30. The Bertz CT molecular complexity index is 295. The molecule has 1 amide bonds. The number of hydrogen-bond donors (Lipinski definition) is 2. The van der Waals surface area contributed by atoms with Crippen molar-refractivity contribution >= 4 is 5.91 Å². The number of carbonyl (C=O) groups is 1. The molecule has 0 aromatic rings. The molecule has 0 spiro atoms. The van der Waals surface area contributed by atoms with Gasteiger partial charge in [0.2, 0.25) is 5.91 Å². The van der Waals surface area contributed by atoms with E-state index in [1.54, 1.807) is 0 Å². The van der Waals surface area contributed by atoms with E-state index in [0.29, 0.717) is 24.5 Å². The molecule has 3 atom stereocenters. The number of nitrogens with zero attached hydrogens (tertiary/aromatic N) is 1. The Morgan fingerprint density at radius 1 is 1.21 bits per heavy atom. The molecule has 2 fully saturated rings. The van der Waals surface area contributed by atoms with Gasteiger partial charge in [0.1, 0.15) is 0 Å². The lowest BCUT2D eigenvalue weighted by atomic mass is 9.86. The van der Waals surface area contributed by atoms with E-state index >= 15 is 0 Å². The van der Waals surface area contributed by atoms with Gasteiger partial charge in [-0.1, -0.05) is 19.8 Å². The summed E-state index contributed by atoms with van der Waals surface area (Å²) in [5.74, 6) is 0.861. The van der Waals surface area contributed by atoms with E-state index in [-0.39, 0.29) is 5.91 Å². The van der Waals surface area contributed by atoms with Gasteiger partial charge in [-0.2, -0.15) is 0 Å². The predicted molar refractivity (Wildman–Crippen MR) is 78.1 cm³/mol. The van der Waals surface area contributed by atoms with Crippen LogP contribution in [0.25, 0.3) is 0 Å². The SMILES string of the molecule is CNC1CCCN(CC(=O)NC2CCCCC2C)C1. The van der Waals surface area contributed by atoms with Crippen molar-refractivity contribution in [2.75, 3.05) is 26.7 Å². The van der Waals surface area contributed by atoms with Crippen LogP contribution in [-0.4, -0.2) is 49.6 Å². The normalized spacial score (nSPS) is 33.1. The summed E-state index contributed by atoms with van der Waals surface area (Å²) in [6, 6.07) is 0.960. The van der Waals surface area contributed by atoms with Crippen LogP contribution in [-0.2, 0) is 4.79 Å². The Hall–Kier alpha value is -0.610. The lowest BCUT2D eigenvalue weighted by Gasteiger charge is -2.34. The van der Waals surface area contributed by atoms with Crippen molar-refractivity contribution in [2.24, 2.45) is 5.92 Å². The molecule has 4 nitrogen and oxygen atoms in total. The first-order chi connectivity index (χ1) is 9.19. The molecule has 1 heterocycles. The van der Waals surface area contributed by atoms with Crippen LogP contribution in [0.4, 0.5) is 0 Å². The zero-order valence-corrected chi connectivity index (χ0v) is 12.5. The fourth-order valence-corrected chi connectivity index (χ4v) is 3.42. The third kappa shape index (κ3) is 4.46. The van der Waals surface area contributed by atoms with Crippen LogP contribution < -0.4 is 10.6 Å². The standard InChI is InChI=1S/C15H29N3O/c1-12-6-3-4-8-14(12)17-15(19)11-18-9-5-7-13(10-18)16-2/h12-14,16H,3-11H2,1-2H3,(H,17,19). The van der Waals surface area contributed by atoms with Gasteiger partial charge in [-0.05, 0) is 45.2 Å². The number of piperidine rings is 1. The van der Waals surface area contributed by atoms with Gasteiger partial charge in [-0.15, -0.1) is 0 Å². The third-order valence-electron chi connectivity index (χ3n) is 4.74. The summed E-state index contributed by atoms with van der Waals surface area (Å²) >= 11 is 0. The molecule has 19 heavy (non-hydrogen) atoms. The van der Waals surface area contributed by atoms with Crippen LogP contribution in [0.3, 0.4) is 0 Å². The minimum atomic E-state index is 0.218. The number of carbonyl (C=O) groups excluding carboxylic acids is 1. The number of nitrogens with one attached hydrogen (secondary N) is 2. The van der Waals surface area contributed by atoms with Crippen LogP contribution in [0.15, 0.2) is 0 Å². The highest BCUT2D eigenvalue weighted by molar-refractivity contribution is 5.78. The average molecular weight is 267 g/mol. The second kappa shape index (κ2) is 7.25. The topological polar surface area (TPSA) is 44.4 Å². The highest BCUT2D eigenvalue weighted by Gasteiger charge is 2.25. The summed E-state index contributed by atoms with van der Waals surface area (Å²) in [4.78, 5) is 14.4. The number of likely N-dealkylation sites (tertiary alicyclic amines) is 1. The molecule has 0 bridgehead atoms. The van der Waals surface area contributed by atoms with Crippen molar-refractivity contribution in [1.29, 1.82) is 0 Å². The predicted octanol–water partition coefficient (Wildman–Crippen LogP) is 1.37. The molecule has 1 saturated heterocycles. The van der Waals surface area contributed by atoms with E-state index in [2.05, 4.69) is 22.5 Å². The number of hydrogen-bond acceptors (Lipinski definition) is 3. The van der Waals surface area contributed by atoms with Gasteiger partial charge < -0.3 is 10.6 Å². The summed E-state index contributed by atoms with van der Waals surface area (Å²) in [5.41, 5.74) is 0. The Balaban J connectivity index is 1.74. The quantitative estimate of drug-likeness (QED) is 0.808. The first-order valence-electron chi connectivity index (χ1n) is 7.88. The van der Waals surface area contributed by atoms with Crippen molar-refractivity contribution < 1.29 is 4.79 Å². The van der Waals surface area contributed by atoms with Crippen molar-refractivity contribution in [3.05, 3.63) is 0 Å². The maximum atomic E-state index is 12.1. The van der Waals surface area contributed by atoms with Gasteiger partial charge >= 0.3 is 0 Å². The van der Waals surface area contributed by atoms with E-state index in [4.69, 9.17) is 0 Å². The largest absolute Gasteiger partial charge is 0.352 e. The van der Waals surface area contributed by atoms with Gasteiger partial charge in [0.05, 0.1) is 6.54 Å². The molecule has 2 rings (SSSR count). The molecule has 2 N–H and O–H groups in total. The Labute approximate surface area is 117 Å².